The van der Waals surface area contributed by atoms with E-state index in [1.165, 1.54) is 0 Å². The molecule has 0 aromatic heterocycles. The van der Waals surface area contributed by atoms with Crippen LogP contribution < -0.4 is 10.1 Å². The number of carbonyl (C=O) groups is 2. The van der Waals surface area contributed by atoms with Crippen LogP contribution in [0, 0.1) is 0 Å². The Morgan fingerprint density at radius 2 is 1.36 bits per heavy atom. The van der Waals surface area contributed by atoms with Crippen LogP contribution in [0.3, 0.4) is 0 Å². The molecule has 0 radical (unpaired) electrons. The van der Waals surface area contributed by atoms with E-state index in [1.807, 2.05) is 93.6 Å². The fraction of sp³-hybridized carbons (Fsp3) is 0.344. The van der Waals surface area contributed by atoms with Gasteiger partial charge in [-0.2, -0.15) is 0 Å². The summed E-state index contributed by atoms with van der Waals surface area (Å²) in [5.74, 6) is 0.0828. The molecule has 0 bridgehead atoms. The summed E-state index contributed by atoms with van der Waals surface area (Å²) < 4.78 is 16.5. The van der Waals surface area contributed by atoms with Crippen molar-refractivity contribution in [1.29, 1.82) is 0 Å². The van der Waals surface area contributed by atoms with E-state index < -0.39 is 29.3 Å². The molecule has 0 heterocycles. The molecule has 39 heavy (non-hydrogen) atoms. The normalized spacial score (nSPS) is 12.2. The smallest absolute Gasteiger partial charge is 0.407 e. The Labute approximate surface area is 231 Å². The van der Waals surface area contributed by atoms with E-state index in [-0.39, 0.29) is 13.2 Å². The number of hydrogen-bond donors (Lipinski definition) is 1. The topological polar surface area (TPSA) is 86.2 Å². The summed E-state index contributed by atoms with van der Waals surface area (Å²) in [6.45, 7) is 11.1. The molecule has 3 aromatic carbocycles. The maximum absolute atomic E-state index is 12.5. The summed E-state index contributed by atoms with van der Waals surface area (Å²) in [5.41, 5.74) is 1.82. The van der Waals surface area contributed by atoms with Crippen LogP contribution in [0.4, 0.5) is 4.79 Å². The number of carbonyl (C=O) groups excluding carboxylic acids is 2. The van der Waals surface area contributed by atoms with Gasteiger partial charge in [-0.25, -0.2) is 9.59 Å². The van der Waals surface area contributed by atoms with Crippen LogP contribution >= 0.6 is 0 Å². The number of esters is 1. The zero-order valence-electron chi connectivity index (χ0n) is 23.6. The van der Waals surface area contributed by atoms with Crippen LogP contribution in [0.2, 0.25) is 0 Å². The van der Waals surface area contributed by atoms with Crippen molar-refractivity contribution in [3.05, 3.63) is 102 Å². The predicted octanol–water partition coefficient (Wildman–Crippen LogP) is 6.51. The Bertz CT molecular complexity index is 1210. The number of alkyl carbamates (subject to hydrolysis) is 1. The Kier molecular flexibility index (Phi) is 9.88. The molecule has 1 atom stereocenters. The van der Waals surface area contributed by atoms with E-state index in [4.69, 9.17) is 19.2 Å². The van der Waals surface area contributed by atoms with Gasteiger partial charge in [0.15, 0.2) is 5.60 Å². The molecule has 0 aliphatic rings. The van der Waals surface area contributed by atoms with Crippen LogP contribution in [-0.2, 0) is 14.3 Å². The fourth-order valence-electron chi connectivity index (χ4n) is 3.80. The highest BCUT2D eigenvalue weighted by Gasteiger charge is 2.31. The number of hydrogen-bond acceptors (Lipinski definition) is 6. The van der Waals surface area contributed by atoms with E-state index in [9.17, 15) is 9.59 Å². The molecule has 0 unspecified atom stereocenters. The quantitative estimate of drug-likeness (QED) is 0.239. The SMILES string of the molecule is CCOC(=O)C(C)(C)Oc1ccc([C@H](CNC(=O)OC(C)(C)C)N=C(c2ccccc2)c2ccccc2)cc1. The lowest BCUT2D eigenvalue weighted by atomic mass is 10.0. The minimum Gasteiger partial charge on any atom is -0.476 e. The number of rotatable bonds is 10. The van der Waals surface area contributed by atoms with Crippen molar-refractivity contribution in [3.63, 3.8) is 0 Å². The van der Waals surface area contributed by atoms with Crippen molar-refractivity contribution in [2.75, 3.05) is 13.2 Å². The third-order valence-electron chi connectivity index (χ3n) is 5.62. The summed E-state index contributed by atoms with van der Waals surface area (Å²) in [7, 11) is 0. The second-order valence-corrected chi connectivity index (χ2v) is 10.5. The molecule has 0 aliphatic heterocycles. The largest absolute Gasteiger partial charge is 0.476 e. The Balaban J connectivity index is 1.96. The monoisotopic (exact) mass is 530 g/mol. The molecule has 3 rings (SSSR count). The lowest BCUT2D eigenvalue weighted by Gasteiger charge is -2.24. The first-order valence-electron chi connectivity index (χ1n) is 13.1. The number of nitrogens with zero attached hydrogens (tertiary/aromatic N) is 1. The van der Waals surface area contributed by atoms with Crippen LogP contribution in [0.25, 0.3) is 0 Å². The molecular formula is C32H38N2O5. The summed E-state index contributed by atoms with van der Waals surface area (Å²) in [6, 6.07) is 26.8. The highest BCUT2D eigenvalue weighted by molar-refractivity contribution is 6.13. The summed E-state index contributed by atoms with van der Waals surface area (Å²) >= 11 is 0. The van der Waals surface area contributed by atoms with E-state index in [0.29, 0.717) is 5.75 Å². The summed E-state index contributed by atoms with van der Waals surface area (Å²) in [6.07, 6.45) is -0.514. The second-order valence-electron chi connectivity index (χ2n) is 10.5. The van der Waals surface area contributed by atoms with Crippen molar-refractivity contribution in [2.45, 2.75) is 58.8 Å². The summed E-state index contributed by atoms with van der Waals surface area (Å²) in [4.78, 5) is 29.9. The molecule has 3 aromatic rings. The first-order valence-corrected chi connectivity index (χ1v) is 13.1. The number of ether oxygens (including phenoxy) is 3. The van der Waals surface area contributed by atoms with Gasteiger partial charge in [-0.05, 0) is 59.2 Å². The average Bonchev–Trinajstić information content (AvgIpc) is 2.89. The van der Waals surface area contributed by atoms with Crippen LogP contribution in [0.1, 0.15) is 64.3 Å². The van der Waals surface area contributed by atoms with E-state index >= 15 is 0 Å². The molecule has 7 nitrogen and oxygen atoms in total. The molecule has 7 heteroatoms. The van der Waals surface area contributed by atoms with Crippen LogP contribution in [0.5, 0.6) is 5.75 Å². The van der Waals surface area contributed by atoms with Gasteiger partial charge in [0.2, 0.25) is 0 Å². The first-order chi connectivity index (χ1) is 18.5. The molecule has 0 saturated carbocycles. The third kappa shape index (κ3) is 8.99. The first kappa shape index (κ1) is 29.4. The minimum atomic E-state index is -1.14. The fourth-order valence-corrected chi connectivity index (χ4v) is 3.80. The lowest BCUT2D eigenvalue weighted by molar-refractivity contribution is -0.158. The lowest BCUT2D eigenvalue weighted by Crippen LogP contribution is -2.39. The number of nitrogens with one attached hydrogen (secondary N) is 1. The zero-order chi connectivity index (χ0) is 28.5. The molecule has 206 valence electrons. The van der Waals surface area contributed by atoms with Gasteiger partial charge in [-0.15, -0.1) is 0 Å². The summed E-state index contributed by atoms with van der Waals surface area (Å²) in [5, 5.41) is 2.87. The molecule has 1 N–H and O–H groups in total. The predicted molar refractivity (Wildman–Crippen MR) is 153 cm³/mol. The van der Waals surface area contributed by atoms with Crippen molar-refractivity contribution >= 4 is 17.8 Å². The van der Waals surface area contributed by atoms with Crippen LogP contribution in [0.15, 0.2) is 89.9 Å². The Morgan fingerprint density at radius 1 is 0.821 bits per heavy atom. The number of amides is 1. The zero-order valence-corrected chi connectivity index (χ0v) is 23.6. The van der Waals surface area contributed by atoms with Crippen molar-refractivity contribution in [3.8, 4) is 5.75 Å². The van der Waals surface area contributed by atoms with E-state index in [1.54, 1.807) is 32.9 Å². The van der Waals surface area contributed by atoms with Crippen LogP contribution in [-0.4, -0.2) is 42.1 Å². The number of aliphatic imine (C=N–C) groups is 1. The van der Waals surface area contributed by atoms with Crippen molar-refractivity contribution in [2.24, 2.45) is 4.99 Å². The Morgan fingerprint density at radius 3 is 1.85 bits per heavy atom. The van der Waals surface area contributed by atoms with Gasteiger partial charge in [0.25, 0.3) is 0 Å². The molecule has 0 spiro atoms. The average molecular weight is 531 g/mol. The van der Waals surface area contributed by atoms with Gasteiger partial charge >= 0.3 is 12.1 Å². The second kappa shape index (κ2) is 13.1. The third-order valence-corrected chi connectivity index (χ3v) is 5.62. The molecule has 0 fully saturated rings. The molecule has 1 amide bonds. The molecule has 0 saturated heterocycles. The minimum absolute atomic E-state index is 0.215. The number of benzene rings is 3. The van der Waals surface area contributed by atoms with Crippen molar-refractivity contribution in [1.82, 2.24) is 5.32 Å². The van der Waals surface area contributed by atoms with Gasteiger partial charge in [0.1, 0.15) is 11.4 Å². The van der Waals surface area contributed by atoms with Gasteiger partial charge < -0.3 is 19.5 Å². The van der Waals surface area contributed by atoms with E-state index in [2.05, 4.69) is 5.32 Å². The highest BCUT2D eigenvalue weighted by Crippen LogP contribution is 2.26. The van der Waals surface area contributed by atoms with E-state index in [0.717, 1.165) is 22.4 Å². The van der Waals surface area contributed by atoms with Gasteiger partial charge in [0, 0.05) is 17.7 Å². The Hall–Kier alpha value is -4.13. The maximum atomic E-state index is 12.5. The van der Waals surface area contributed by atoms with Gasteiger partial charge in [0.05, 0.1) is 18.4 Å². The standard InChI is InChI=1S/C32H38N2O5/c1-7-37-29(35)32(5,6)38-26-20-18-23(19-21-26)27(22-33-30(36)39-31(2,3)4)34-28(24-14-10-8-11-15-24)25-16-12-9-13-17-25/h8-21,27H,7,22H2,1-6H3,(H,33,36)/t27-/m0/s1. The van der Waals surface area contributed by atoms with Gasteiger partial charge in [-0.3, -0.25) is 4.99 Å². The molecular weight excluding hydrogens is 492 g/mol. The maximum Gasteiger partial charge on any atom is 0.407 e. The highest BCUT2D eigenvalue weighted by atomic mass is 16.6. The van der Waals surface area contributed by atoms with Gasteiger partial charge in [-0.1, -0.05) is 72.8 Å². The molecule has 0 aliphatic carbocycles. The van der Waals surface area contributed by atoms with Crippen molar-refractivity contribution < 1.29 is 23.8 Å².